The van der Waals surface area contributed by atoms with E-state index in [1.807, 2.05) is 34.9 Å². The molecule has 0 unspecified atom stereocenters. The zero-order valence-corrected chi connectivity index (χ0v) is 15.9. The fraction of sp³-hybridized carbons (Fsp3) is 0.600. The zero-order chi connectivity index (χ0) is 18.7. The van der Waals surface area contributed by atoms with E-state index in [-0.39, 0.29) is 23.8 Å². The van der Waals surface area contributed by atoms with E-state index >= 15 is 0 Å². The SMILES string of the molecule is CCN1C(=O)CC[C@@H](C(=O)N2CCCC2)[C@@H]1c1ccc(OC)cc1OC. The van der Waals surface area contributed by atoms with Crippen molar-refractivity contribution in [2.75, 3.05) is 33.9 Å². The summed E-state index contributed by atoms with van der Waals surface area (Å²) in [6.07, 6.45) is 3.13. The van der Waals surface area contributed by atoms with Crippen LogP contribution in [0.1, 0.15) is 44.2 Å². The molecule has 1 aromatic rings. The van der Waals surface area contributed by atoms with Crippen molar-refractivity contribution in [2.24, 2.45) is 5.92 Å². The summed E-state index contributed by atoms with van der Waals surface area (Å²) in [6, 6.07) is 5.31. The summed E-state index contributed by atoms with van der Waals surface area (Å²) in [4.78, 5) is 29.5. The quantitative estimate of drug-likeness (QED) is 0.810. The third-order valence-electron chi connectivity index (χ3n) is 5.54. The number of rotatable bonds is 5. The Morgan fingerprint density at radius 1 is 1.19 bits per heavy atom. The third-order valence-corrected chi connectivity index (χ3v) is 5.54. The second-order valence-corrected chi connectivity index (χ2v) is 6.91. The number of piperidine rings is 1. The highest BCUT2D eigenvalue weighted by atomic mass is 16.5. The van der Waals surface area contributed by atoms with Gasteiger partial charge in [0.25, 0.3) is 0 Å². The van der Waals surface area contributed by atoms with Crippen molar-refractivity contribution < 1.29 is 19.1 Å². The molecule has 0 saturated carbocycles. The van der Waals surface area contributed by atoms with E-state index in [2.05, 4.69) is 0 Å². The number of hydrogen-bond acceptors (Lipinski definition) is 4. The van der Waals surface area contributed by atoms with Crippen LogP contribution in [0.2, 0.25) is 0 Å². The molecule has 142 valence electrons. The Hall–Kier alpha value is -2.24. The van der Waals surface area contributed by atoms with Crippen LogP contribution in [0.25, 0.3) is 0 Å². The third kappa shape index (κ3) is 3.37. The lowest BCUT2D eigenvalue weighted by atomic mass is 9.82. The molecular formula is C20H28N2O4. The first-order chi connectivity index (χ1) is 12.6. The number of carbonyl (C=O) groups excluding carboxylic acids is 2. The van der Waals surface area contributed by atoms with Crippen LogP contribution in [-0.4, -0.2) is 55.5 Å². The molecule has 2 fully saturated rings. The Labute approximate surface area is 155 Å². The van der Waals surface area contributed by atoms with Crippen molar-refractivity contribution in [3.05, 3.63) is 23.8 Å². The van der Waals surface area contributed by atoms with Gasteiger partial charge in [0.1, 0.15) is 11.5 Å². The predicted molar refractivity (Wildman–Crippen MR) is 98.2 cm³/mol. The van der Waals surface area contributed by atoms with Crippen LogP contribution in [0, 0.1) is 5.92 Å². The molecule has 2 aliphatic rings. The molecule has 0 N–H and O–H groups in total. The highest BCUT2D eigenvalue weighted by Crippen LogP contribution is 2.42. The number of hydrogen-bond donors (Lipinski definition) is 0. The fourth-order valence-electron chi connectivity index (χ4n) is 4.20. The van der Waals surface area contributed by atoms with Crippen molar-refractivity contribution in [1.29, 1.82) is 0 Å². The van der Waals surface area contributed by atoms with Crippen LogP contribution in [0.15, 0.2) is 18.2 Å². The Bertz CT molecular complexity index is 670. The van der Waals surface area contributed by atoms with Crippen molar-refractivity contribution >= 4 is 11.8 Å². The lowest BCUT2D eigenvalue weighted by Gasteiger charge is -2.42. The second-order valence-electron chi connectivity index (χ2n) is 6.91. The first-order valence-electron chi connectivity index (χ1n) is 9.40. The maximum Gasteiger partial charge on any atom is 0.228 e. The maximum atomic E-state index is 13.2. The molecular weight excluding hydrogens is 332 g/mol. The highest BCUT2D eigenvalue weighted by molar-refractivity contribution is 5.85. The minimum absolute atomic E-state index is 0.0980. The number of likely N-dealkylation sites (tertiary alicyclic amines) is 2. The number of methoxy groups -OCH3 is 2. The number of ether oxygens (including phenoxy) is 2. The molecule has 1 aromatic carbocycles. The van der Waals surface area contributed by atoms with Crippen LogP contribution in [0.3, 0.4) is 0 Å². The summed E-state index contributed by atoms with van der Waals surface area (Å²) in [5.41, 5.74) is 0.876. The van der Waals surface area contributed by atoms with Gasteiger partial charge in [0.2, 0.25) is 11.8 Å². The van der Waals surface area contributed by atoms with Gasteiger partial charge in [-0.2, -0.15) is 0 Å². The molecule has 2 aliphatic heterocycles. The van der Waals surface area contributed by atoms with Crippen molar-refractivity contribution in [2.45, 2.75) is 38.6 Å². The van der Waals surface area contributed by atoms with Crippen LogP contribution < -0.4 is 9.47 Å². The molecule has 6 heteroatoms. The van der Waals surface area contributed by atoms with E-state index in [0.29, 0.717) is 30.9 Å². The van der Waals surface area contributed by atoms with Crippen LogP contribution >= 0.6 is 0 Å². The molecule has 3 rings (SSSR count). The van der Waals surface area contributed by atoms with Gasteiger partial charge in [-0.05, 0) is 38.3 Å². The molecule has 26 heavy (non-hydrogen) atoms. The highest BCUT2D eigenvalue weighted by Gasteiger charge is 2.43. The summed E-state index contributed by atoms with van der Waals surface area (Å²) < 4.78 is 10.9. The summed E-state index contributed by atoms with van der Waals surface area (Å²) in [7, 11) is 3.22. The van der Waals surface area contributed by atoms with Gasteiger partial charge in [-0.25, -0.2) is 0 Å². The standard InChI is InChI=1S/C20H28N2O4/c1-4-22-18(23)10-9-16(20(24)21-11-5-6-12-21)19(22)15-8-7-14(25-2)13-17(15)26-3/h7-8,13,16,19H,4-6,9-12H2,1-3H3/t16-,19+/m1/s1. The first kappa shape index (κ1) is 18.5. The van der Waals surface area contributed by atoms with Crippen molar-refractivity contribution in [3.8, 4) is 11.5 Å². The largest absolute Gasteiger partial charge is 0.497 e. The van der Waals surface area contributed by atoms with Gasteiger partial charge in [0, 0.05) is 37.7 Å². The minimum atomic E-state index is -0.296. The van der Waals surface area contributed by atoms with Crippen LogP contribution in [0.5, 0.6) is 11.5 Å². The average Bonchev–Trinajstić information content (AvgIpc) is 3.21. The van der Waals surface area contributed by atoms with Gasteiger partial charge >= 0.3 is 0 Å². The molecule has 0 spiro atoms. The molecule has 0 radical (unpaired) electrons. The smallest absolute Gasteiger partial charge is 0.228 e. The Kier molecular flexibility index (Phi) is 5.69. The molecule has 6 nitrogen and oxygen atoms in total. The minimum Gasteiger partial charge on any atom is -0.497 e. The lowest BCUT2D eigenvalue weighted by molar-refractivity contribution is -0.147. The summed E-state index contributed by atoms with van der Waals surface area (Å²) in [5.74, 6) is 1.38. The molecule has 0 bridgehead atoms. The van der Waals surface area contributed by atoms with Crippen molar-refractivity contribution in [1.82, 2.24) is 9.80 Å². The topological polar surface area (TPSA) is 59.1 Å². The summed E-state index contributed by atoms with van der Waals surface area (Å²) in [5, 5.41) is 0. The van der Waals surface area contributed by atoms with E-state index < -0.39 is 0 Å². The van der Waals surface area contributed by atoms with E-state index in [1.165, 1.54) is 0 Å². The molecule has 2 atom stereocenters. The monoisotopic (exact) mass is 360 g/mol. The van der Waals surface area contributed by atoms with E-state index in [1.54, 1.807) is 14.2 Å². The normalized spacial score (nSPS) is 23.3. The Balaban J connectivity index is 2.01. The first-order valence-corrected chi connectivity index (χ1v) is 9.40. The predicted octanol–water partition coefficient (Wildman–Crippen LogP) is 2.63. The van der Waals surface area contributed by atoms with E-state index in [4.69, 9.17) is 9.47 Å². The number of amides is 2. The average molecular weight is 360 g/mol. The summed E-state index contributed by atoms with van der Waals surface area (Å²) in [6.45, 7) is 4.18. The van der Waals surface area contributed by atoms with E-state index in [9.17, 15) is 9.59 Å². The second kappa shape index (κ2) is 7.98. The molecule has 2 heterocycles. The fourth-order valence-corrected chi connectivity index (χ4v) is 4.20. The maximum absolute atomic E-state index is 13.2. The molecule has 2 saturated heterocycles. The molecule has 2 amide bonds. The lowest BCUT2D eigenvalue weighted by Crippen LogP contribution is -2.48. The van der Waals surface area contributed by atoms with E-state index in [0.717, 1.165) is 31.5 Å². The van der Waals surface area contributed by atoms with Gasteiger partial charge in [-0.15, -0.1) is 0 Å². The van der Waals surface area contributed by atoms with Gasteiger partial charge in [0.05, 0.1) is 26.2 Å². The molecule has 0 aliphatic carbocycles. The number of benzene rings is 1. The summed E-state index contributed by atoms with van der Waals surface area (Å²) >= 11 is 0. The number of carbonyl (C=O) groups is 2. The molecule has 0 aromatic heterocycles. The van der Waals surface area contributed by atoms with Crippen molar-refractivity contribution in [3.63, 3.8) is 0 Å². The van der Waals surface area contributed by atoms with Gasteiger partial charge < -0.3 is 19.3 Å². The Morgan fingerprint density at radius 3 is 2.54 bits per heavy atom. The zero-order valence-electron chi connectivity index (χ0n) is 15.9. The van der Waals surface area contributed by atoms with Gasteiger partial charge in [0.15, 0.2) is 0 Å². The van der Waals surface area contributed by atoms with Crippen LogP contribution in [0.4, 0.5) is 0 Å². The van der Waals surface area contributed by atoms with Gasteiger partial charge in [-0.3, -0.25) is 9.59 Å². The van der Waals surface area contributed by atoms with Gasteiger partial charge in [-0.1, -0.05) is 0 Å². The Morgan fingerprint density at radius 2 is 1.92 bits per heavy atom. The van der Waals surface area contributed by atoms with Crippen LogP contribution in [-0.2, 0) is 9.59 Å². The number of nitrogens with zero attached hydrogens (tertiary/aromatic N) is 2.